The normalized spacial score (nSPS) is 11.0. The second-order valence-corrected chi connectivity index (χ2v) is 4.76. The smallest absolute Gasteiger partial charge is 0.317 e. The lowest BCUT2D eigenvalue weighted by molar-refractivity contribution is -0.138. The zero-order chi connectivity index (χ0) is 15.3. The van der Waals surface area contributed by atoms with E-state index in [1.165, 1.54) is 4.90 Å². The molecule has 0 spiro atoms. The number of primary amides is 1. The van der Waals surface area contributed by atoms with E-state index in [4.69, 9.17) is 22.4 Å². The number of nitrogens with zero attached hydrogens (tertiary/aromatic N) is 3. The van der Waals surface area contributed by atoms with Crippen LogP contribution in [-0.4, -0.2) is 44.8 Å². The van der Waals surface area contributed by atoms with Crippen molar-refractivity contribution in [2.24, 2.45) is 5.73 Å². The van der Waals surface area contributed by atoms with Gasteiger partial charge in [0.1, 0.15) is 0 Å². The minimum absolute atomic E-state index is 0.140. The summed E-state index contributed by atoms with van der Waals surface area (Å²) in [5.74, 6) is -1.61. The van der Waals surface area contributed by atoms with Crippen molar-refractivity contribution in [1.82, 2.24) is 14.7 Å². The van der Waals surface area contributed by atoms with Crippen LogP contribution in [0.4, 0.5) is 0 Å². The maximum absolute atomic E-state index is 11.0. The fourth-order valence-corrected chi connectivity index (χ4v) is 2.29. The van der Waals surface area contributed by atoms with Crippen LogP contribution in [0.2, 0.25) is 5.02 Å². The van der Waals surface area contributed by atoms with Crippen molar-refractivity contribution in [1.29, 1.82) is 0 Å². The summed E-state index contributed by atoms with van der Waals surface area (Å²) in [6.45, 7) is 4.27. The van der Waals surface area contributed by atoms with E-state index >= 15 is 0 Å². The van der Waals surface area contributed by atoms with E-state index in [1.54, 1.807) is 4.68 Å². The number of aromatic nitrogens is 2. The lowest BCUT2D eigenvalue weighted by Gasteiger charge is -2.19. The molecule has 0 saturated heterocycles. The molecule has 8 heteroatoms. The van der Waals surface area contributed by atoms with Gasteiger partial charge >= 0.3 is 5.97 Å². The summed E-state index contributed by atoms with van der Waals surface area (Å²) < 4.78 is 1.72. The van der Waals surface area contributed by atoms with Gasteiger partial charge in [-0.2, -0.15) is 5.10 Å². The molecule has 20 heavy (non-hydrogen) atoms. The fraction of sp³-hybridized carbons (Fsp3) is 0.583. The van der Waals surface area contributed by atoms with Crippen LogP contribution < -0.4 is 5.73 Å². The van der Waals surface area contributed by atoms with Crippen molar-refractivity contribution in [3.8, 4) is 0 Å². The highest BCUT2D eigenvalue weighted by Crippen LogP contribution is 2.23. The van der Waals surface area contributed by atoms with Gasteiger partial charge < -0.3 is 10.8 Å². The number of carboxylic acid groups (broad SMARTS) is 1. The molecule has 0 aromatic carbocycles. The van der Waals surface area contributed by atoms with Gasteiger partial charge in [0.15, 0.2) is 0 Å². The molecule has 1 aromatic rings. The lowest BCUT2D eigenvalue weighted by Crippen LogP contribution is -2.37. The number of carbonyl (C=O) groups is 2. The number of carboxylic acids is 1. The number of aryl methyl sites for hydroxylation is 2. The number of aliphatic carboxylic acids is 1. The molecule has 0 saturated carbocycles. The van der Waals surface area contributed by atoms with Gasteiger partial charge in [0, 0.05) is 13.1 Å². The highest BCUT2D eigenvalue weighted by atomic mass is 35.5. The molecule has 1 heterocycles. The van der Waals surface area contributed by atoms with Crippen LogP contribution in [-0.2, 0) is 29.1 Å². The van der Waals surface area contributed by atoms with Crippen LogP contribution in [0.3, 0.4) is 0 Å². The summed E-state index contributed by atoms with van der Waals surface area (Å²) in [4.78, 5) is 23.3. The van der Waals surface area contributed by atoms with E-state index in [-0.39, 0.29) is 19.6 Å². The molecule has 3 N–H and O–H groups in total. The van der Waals surface area contributed by atoms with E-state index in [2.05, 4.69) is 5.10 Å². The molecule has 0 aliphatic rings. The molecule has 1 aromatic heterocycles. The number of hydrogen-bond donors (Lipinski definition) is 2. The van der Waals surface area contributed by atoms with Crippen LogP contribution in [0.5, 0.6) is 0 Å². The minimum Gasteiger partial charge on any atom is -0.480 e. The molecule has 0 unspecified atom stereocenters. The second kappa shape index (κ2) is 7.25. The summed E-state index contributed by atoms with van der Waals surface area (Å²) in [5.41, 5.74) is 6.60. The van der Waals surface area contributed by atoms with E-state index < -0.39 is 11.9 Å². The molecule has 1 amide bonds. The average Bonchev–Trinajstić information content (AvgIpc) is 2.64. The second-order valence-electron chi connectivity index (χ2n) is 4.38. The Hall–Kier alpha value is -1.60. The number of amides is 1. The third-order valence-electron chi connectivity index (χ3n) is 2.81. The van der Waals surface area contributed by atoms with Crippen LogP contribution >= 0.6 is 11.6 Å². The van der Waals surface area contributed by atoms with Crippen molar-refractivity contribution in [2.45, 2.75) is 33.4 Å². The fourth-order valence-electron chi connectivity index (χ4n) is 1.96. The standard InChI is InChI=1S/C12H19ClN4O3/c1-3-8-12(13)9(17(4-2)15-8)5-16(6-10(14)18)7-11(19)20/h3-7H2,1-2H3,(H2,14,18)(H,19,20). The topological polar surface area (TPSA) is 101 Å². The Kier molecular flexibility index (Phi) is 5.97. The highest BCUT2D eigenvalue weighted by Gasteiger charge is 2.20. The third-order valence-corrected chi connectivity index (χ3v) is 3.24. The number of halogens is 1. The Morgan fingerprint density at radius 1 is 1.40 bits per heavy atom. The molecule has 1 rings (SSSR count). The summed E-state index contributed by atoms with van der Waals surface area (Å²) in [6.07, 6.45) is 0.688. The SMILES string of the molecule is CCc1nn(CC)c(CN(CC(N)=O)CC(=O)O)c1Cl. The maximum Gasteiger partial charge on any atom is 0.317 e. The van der Waals surface area contributed by atoms with Gasteiger partial charge in [-0.05, 0) is 13.3 Å². The molecule has 0 aliphatic carbocycles. The van der Waals surface area contributed by atoms with Gasteiger partial charge in [0.25, 0.3) is 0 Å². The van der Waals surface area contributed by atoms with Gasteiger partial charge in [-0.15, -0.1) is 0 Å². The summed E-state index contributed by atoms with van der Waals surface area (Å²) in [6, 6.07) is 0. The molecule has 0 radical (unpaired) electrons. The Morgan fingerprint density at radius 3 is 2.50 bits per heavy atom. The molecular formula is C12H19ClN4O3. The van der Waals surface area contributed by atoms with Crippen molar-refractivity contribution in [3.63, 3.8) is 0 Å². The quantitative estimate of drug-likeness (QED) is 0.728. The Morgan fingerprint density at radius 2 is 2.05 bits per heavy atom. The third kappa shape index (κ3) is 4.21. The Balaban J connectivity index is 2.99. The monoisotopic (exact) mass is 302 g/mol. The van der Waals surface area contributed by atoms with Crippen molar-refractivity contribution >= 4 is 23.5 Å². The first-order chi connectivity index (χ1) is 9.38. The van der Waals surface area contributed by atoms with Crippen LogP contribution in [0.25, 0.3) is 0 Å². The molecule has 112 valence electrons. The first-order valence-corrected chi connectivity index (χ1v) is 6.73. The minimum atomic E-state index is -1.03. The van der Waals surface area contributed by atoms with Gasteiger partial charge in [-0.1, -0.05) is 18.5 Å². The molecule has 0 fully saturated rings. The Labute approximate surface area is 122 Å². The maximum atomic E-state index is 11.0. The predicted molar refractivity (Wildman–Crippen MR) is 74.4 cm³/mol. The van der Waals surface area contributed by atoms with Crippen molar-refractivity contribution < 1.29 is 14.7 Å². The van der Waals surface area contributed by atoms with Gasteiger partial charge in [0.05, 0.1) is 29.5 Å². The molecule has 0 atom stereocenters. The van der Waals surface area contributed by atoms with E-state index in [0.29, 0.717) is 23.7 Å². The number of hydrogen-bond acceptors (Lipinski definition) is 4. The first-order valence-electron chi connectivity index (χ1n) is 6.35. The largest absolute Gasteiger partial charge is 0.480 e. The molecule has 0 bridgehead atoms. The van der Waals surface area contributed by atoms with Gasteiger partial charge in [-0.25, -0.2) is 0 Å². The van der Waals surface area contributed by atoms with E-state index in [1.807, 2.05) is 13.8 Å². The van der Waals surface area contributed by atoms with Crippen molar-refractivity contribution in [2.75, 3.05) is 13.1 Å². The van der Waals surface area contributed by atoms with Crippen LogP contribution in [0, 0.1) is 0 Å². The number of nitrogens with two attached hydrogens (primary N) is 1. The number of rotatable bonds is 8. The molecule has 0 aliphatic heterocycles. The zero-order valence-corrected chi connectivity index (χ0v) is 12.4. The van der Waals surface area contributed by atoms with Gasteiger partial charge in [-0.3, -0.25) is 19.2 Å². The van der Waals surface area contributed by atoms with E-state index in [9.17, 15) is 9.59 Å². The summed E-state index contributed by atoms with van der Waals surface area (Å²) in [5, 5.41) is 13.7. The average molecular weight is 303 g/mol. The van der Waals surface area contributed by atoms with Crippen LogP contribution in [0.15, 0.2) is 0 Å². The predicted octanol–water partition coefficient (Wildman–Crippen LogP) is 0.491. The summed E-state index contributed by atoms with van der Waals surface area (Å²) >= 11 is 6.25. The lowest BCUT2D eigenvalue weighted by atomic mass is 10.3. The summed E-state index contributed by atoms with van der Waals surface area (Å²) in [7, 11) is 0. The van der Waals surface area contributed by atoms with E-state index in [0.717, 1.165) is 5.69 Å². The van der Waals surface area contributed by atoms with Crippen molar-refractivity contribution in [3.05, 3.63) is 16.4 Å². The number of carbonyl (C=O) groups excluding carboxylic acids is 1. The Bertz CT molecular complexity index is 485. The van der Waals surface area contributed by atoms with Crippen LogP contribution in [0.1, 0.15) is 25.2 Å². The molecular weight excluding hydrogens is 284 g/mol. The van der Waals surface area contributed by atoms with Gasteiger partial charge in [0.2, 0.25) is 5.91 Å². The first kappa shape index (κ1) is 16.5. The zero-order valence-electron chi connectivity index (χ0n) is 11.6. The molecule has 7 nitrogen and oxygen atoms in total. The highest BCUT2D eigenvalue weighted by molar-refractivity contribution is 6.31.